The molecular formula is C26H31N5O2. The van der Waals surface area contributed by atoms with Gasteiger partial charge in [0.25, 0.3) is 5.56 Å². The van der Waals surface area contributed by atoms with Crippen molar-refractivity contribution >= 4 is 17.7 Å². The number of carbonyl (C=O) groups excluding carboxylic acids is 1. The second-order valence-electron chi connectivity index (χ2n) is 8.37. The van der Waals surface area contributed by atoms with E-state index in [4.69, 9.17) is 0 Å². The van der Waals surface area contributed by atoms with Crippen LogP contribution in [0.15, 0.2) is 71.5 Å². The number of amides is 1. The molecule has 0 bridgehead atoms. The Bertz CT molecular complexity index is 1160. The molecule has 0 spiro atoms. The lowest BCUT2D eigenvalue weighted by Gasteiger charge is -2.33. The lowest BCUT2D eigenvalue weighted by atomic mass is 10.2. The fraction of sp³-hybridized carbons (Fsp3) is 0.308. The van der Waals surface area contributed by atoms with Gasteiger partial charge in [-0.2, -0.15) is 0 Å². The Labute approximate surface area is 194 Å². The molecule has 33 heavy (non-hydrogen) atoms. The first-order valence-electron chi connectivity index (χ1n) is 11.3. The molecule has 1 saturated heterocycles. The third kappa shape index (κ3) is 5.50. The van der Waals surface area contributed by atoms with Crippen LogP contribution >= 0.6 is 0 Å². The molecule has 2 aromatic carbocycles. The quantitative estimate of drug-likeness (QED) is 0.608. The van der Waals surface area contributed by atoms with Crippen LogP contribution in [-0.2, 0) is 11.8 Å². The molecule has 4 rings (SSSR count). The van der Waals surface area contributed by atoms with Crippen LogP contribution < -0.4 is 10.9 Å². The molecule has 1 aromatic heterocycles. The van der Waals surface area contributed by atoms with Crippen molar-refractivity contribution in [2.75, 3.05) is 44.6 Å². The third-order valence-electron chi connectivity index (χ3n) is 6.12. The number of benzene rings is 2. The van der Waals surface area contributed by atoms with Gasteiger partial charge >= 0.3 is 0 Å². The molecule has 172 valence electrons. The van der Waals surface area contributed by atoms with Gasteiger partial charge in [-0.25, -0.2) is 4.68 Å². The number of para-hydroxylation sites is 1. The molecule has 7 heteroatoms. The summed E-state index contributed by atoms with van der Waals surface area (Å²) in [6.45, 7) is 6.51. The molecule has 3 aromatic rings. The fourth-order valence-corrected chi connectivity index (χ4v) is 4.13. The number of anilines is 1. The summed E-state index contributed by atoms with van der Waals surface area (Å²) < 4.78 is 3.35. The Kier molecular flexibility index (Phi) is 7.22. The van der Waals surface area contributed by atoms with Gasteiger partial charge in [-0.3, -0.25) is 24.1 Å². The maximum atomic E-state index is 13.0. The number of carbonyl (C=O) groups is 1. The number of aromatic nitrogens is 2. The average Bonchev–Trinajstić information content (AvgIpc) is 3.04. The van der Waals surface area contributed by atoms with E-state index in [-0.39, 0.29) is 18.0 Å². The van der Waals surface area contributed by atoms with Gasteiger partial charge < -0.3 is 5.32 Å². The molecule has 1 fully saturated rings. The van der Waals surface area contributed by atoms with Crippen molar-refractivity contribution in [1.82, 2.24) is 19.2 Å². The lowest BCUT2D eigenvalue weighted by molar-refractivity contribution is -0.117. The summed E-state index contributed by atoms with van der Waals surface area (Å²) in [5.74, 6) is -0.154. The summed E-state index contributed by atoms with van der Waals surface area (Å²) in [5.41, 5.74) is 2.83. The molecule has 2 heterocycles. The van der Waals surface area contributed by atoms with Crippen LogP contribution in [0.3, 0.4) is 0 Å². The second kappa shape index (κ2) is 10.5. The number of nitrogens with zero attached hydrogens (tertiary/aromatic N) is 4. The SMILES string of the molecule is Cc1c(NC(=O)CN2CCN(C/C=C\c3ccccc3)CC2)c(=O)n(-c2ccccc2)n1C. The van der Waals surface area contributed by atoms with E-state index in [1.54, 1.807) is 9.36 Å². The van der Waals surface area contributed by atoms with Gasteiger partial charge in [0.05, 0.1) is 17.9 Å². The molecule has 1 amide bonds. The second-order valence-corrected chi connectivity index (χ2v) is 8.37. The van der Waals surface area contributed by atoms with Crippen molar-refractivity contribution in [2.24, 2.45) is 7.05 Å². The minimum absolute atomic E-state index is 0.154. The van der Waals surface area contributed by atoms with Gasteiger partial charge in [-0.15, -0.1) is 0 Å². The number of nitrogens with one attached hydrogen (secondary N) is 1. The number of rotatable bonds is 7. The summed E-state index contributed by atoms with van der Waals surface area (Å²) >= 11 is 0. The predicted molar refractivity (Wildman–Crippen MR) is 133 cm³/mol. The van der Waals surface area contributed by atoms with Gasteiger partial charge in [-0.1, -0.05) is 60.7 Å². The Morgan fingerprint density at radius 1 is 0.939 bits per heavy atom. The van der Waals surface area contributed by atoms with E-state index in [9.17, 15) is 9.59 Å². The van der Waals surface area contributed by atoms with Gasteiger partial charge in [0.1, 0.15) is 5.69 Å². The van der Waals surface area contributed by atoms with Crippen molar-refractivity contribution in [3.05, 3.63) is 88.4 Å². The Hall–Kier alpha value is -3.42. The molecule has 1 aliphatic rings. The topological polar surface area (TPSA) is 62.5 Å². The molecule has 1 aliphatic heterocycles. The maximum absolute atomic E-state index is 13.0. The van der Waals surface area contributed by atoms with Crippen LogP contribution in [0.5, 0.6) is 0 Å². The van der Waals surface area contributed by atoms with Gasteiger partial charge in [0.2, 0.25) is 5.91 Å². The van der Waals surface area contributed by atoms with Crippen LogP contribution in [0.25, 0.3) is 11.8 Å². The fourth-order valence-electron chi connectivity index (χ4n) is 4.13. The monoisotopic (exact) mass is 445 g/mol. The van der Waals surface area contributed by atoms with Crippen LogP contribution in [0.2, 0.25) is 0 Å². The lowest BCUT2D eigenvalue weighted by Crippen LogP contribution is -2.48. The molecule has 0 unspecified atom stereocenters. The van der Waals surface area contributed by atoms with E-state index in [0.717, 1.165) is 44.1 Å². The molecule has 7 nitrogen and oxygen atoms in total. The van der Waals surface area contributed by atoms with E-state index >= 15 is 0 Å². The minimum Gasteiger partial charge on any atom is -0.319 e. The summed E-state index contributed by atoms with van der Waals surface area (Å²) in [6, 6.07) is 19.7. The number of piperazine rings is 1. The highest BCUT2D eigenvalue weighted by molar-refractivity contribution is 5.92. The van der Waals surface area contributed by atoms with Gasteiger partial charge in [0.15, 0.2) is 0 Å². The largest absolute Gasteiger partial charge is 0.319 e. The normalized spacial score (nSPS) is 15.2. The van der Waals surface area contributed by atoms with Crippen LogP contribution in [-0.4, -0.2) is 64.3 Å². The molecular weight excluding hydrogens is 414 g/mol. The van der Waals surface area contributed by atoms with E-state index in [1.807, 2.05) is 62.5 Å². The summed E-state index contributed by atoms with van der Waals surface area (Å²) in [5, 5.41) is 2.86. The number of hydrogen-bond acceptors (Lipinski definition) is 4. The van der Waals surface area contributed by atoms with Crippen LogP contribution in [0.4, 0.5) is 5.69 Å². The van der Waals surface area contributed by atoms with E-state index < -0.39 is 0 Å². The first kappa shape index (κ1) is 22.8. The summed E-state index contributed by atoms with van der Waals surface area (Å²) in [4.78, 5) is 30.2. The highest BCUT2D eigenvalue weighted by Crippen LogP contribution is 2.14. The van der Waals surface area contributed by atoms with Gasteiger partial charge in [-0.05, 0) is 24.6 Å². The zero-order chi connectivity index (χ0) is 23.2. The summed E-state index contributed by atoms with van der Waals surface area (Å²) in [7, 11) is 1.82. The predicted octanol–water partition coefficient (Wildman–Crippen LogP) is 2.75. The third-order valence-corrected chi connectivity index (χ3v) is 6.12. The zero-order valence-electron chi connectivity index (χ0n) is 19.3. The van der Waals surface area contributed by atoms with Crippen molar-refractivity contribution in [3.63, 3.8) is 0 Å². The van der Waals surface area contributed by atoms with Crippen LogP contribution in [0.1, 0.15) is 11.3 Å². The van der Waals surface area contributed by atoms with Crippen LogP contribution in [0, 0.1) is 6.92 Å². The summed E-state index contributed by atoms with van der Waals surface area (Å²) in [6.07, 6.45) is 4.33. The van der Waals surface area contributed by atoms with Crippen molar-refractivity contribution in [3.8, 4) is 5.69 Å². The van der Waals surface area contributed by atoms with Crippen molar-refractivity contribution in [1.29, 1.82) is 0 Å². The average molecular weight is 446 g/mol. The Morgan fingerprint density at radius 2 is 1.55 bits per heavy atom. The smallest absolute Gasteiger partial charge is 0.295 e. The molecule has 0 saturated carbocycles. The first-order valence-corrected chi connectivity index (χ1v) is 11.3. The van der Waals surface area contributed by atoms with E-state index in [0.29, 0.717) is 5.69 Å². The Balaban J connectivity index is 1.30. The standard InChI is InChI=1S/C26H31N5O2/c1-21-25(26(33)31(28(21)2)23-13-7-4-8-14-23)27-24(32)20-30-18-16-29(17-19-30)15-9-12-22-10-5-3-6-11-22/h3-14H,15-20H2,1-2H3,(H,27,32)/b12-9-. The molecule has 1 N–H and O–H groups in total. The van der Waals surface area contributed by atoms with E-state index in [1.165, 1.54) is 5.56 Å². The minimum atomic E-state index is -0.218. The highest BCUT2D eigenvalue weighted by Gasteiger charge is 2.21. The maximum Gasteiger partial charge on any atom is 0.295 e. The van der Waals surface area contributed by atoms with E-state index in [2.05, 4.69) is 39.4 Å². The van der Waals surface area contributed by atoms with Crippen molar-refractivity contribution < 1.29 is 4.79 Å². The number of hydrogen-bond donors (Lipinski definition) is 1. The first-order chi connectivity index (χ1) is 16.0. The van der Waals surface area contributed by atoms with Crippen molar-refractivity contribution in [2.45, 2.75) is 6.92 Å². The molecule has 0 atom stereocenters. The Morgan fingerprint density at radius 3 is 2.21 bits per heavy atom. The van der Waals surface area contributed by atoms with Gasteiger partial charge in [0, 0.05) is 39.8 Å². The highest BCUT2D eigenvalue weighted by atomic mass is 16.2. The molecule has 0 radical (unpaired) electrons. The molecule has 0 aliphatic carbocycles. The zero-order valence-corrected chi connectivity index (χ0v) is 19.3.